The van der Waals surface area contributed by atoms with Gasteiger partial charge in [-0.2, -0.15) is 0 Å². The number of hydrogen-bond donors (Lipinski definition) is 1. The van der Waals surface area contributed by atoms with E-state index in [0.717, 1.165) is 24.2 Å². The van der Waals surface area contributed by atoms with Gasteiger partial charge in [-0.3, -0.25) is 0 Å². The van der Waals surface area contributed by atoms with E-state index in [1.54, 1.807) is 0 Å². The number of hydrogen-bond acceptors (Lipinski definition) is 2. The number of aryl methyl sites for hydroxylation is 1. The van der Waals surface area contributed by atoms with Gasteiger partial charge in [-0.15, -0.1) is 0 Å². The fourth-order valence-corrected chi connectivity index (χ4v) is 2.11. The molecule has 1 N–H and O–H groups in total. The standard InChI is InChI=1S/C18H29O2/c1-7-14(8-2)15-9-10-16(13(3)11-15)20-12-17(19)18(4,5)6/h9-11,17,19H,7-8,12H2,1-6H3. The molecule has 0 aliphatic heterocycles. The summed E-state index contributed by atoms with van der Waals surface area (Å²) < 4.78 is 5.77. The van der Waals surface area contributed by atoms with Gasteiger partial charge in [0.25, 0.3) is 0 Å². The molecule has 2 nitrogen and oxygen atoms in total. The Balaban J connectivity index is 2.74. The quantitative estimate of drug-likeness (QED) is 0.828. The van der Waals surface area contributed by atoms with E-state index in [2.05, 4.69) is 32.9 Å². The fourth-order valence-electron chi connectivity index (χ4n) is 2.11. The van der Waals surface area contributed by atoms with E-state index in [9.17, 15) is 5.11 Å². The van der Waals surface area contributed by atoms with Crippen molar-refractivity contribution in [2.24, 2.45) is 5.41 Å². The Bertz CT molecular complexity index is 414. The van der Waals surface area contributed by atoms with Crippen molar-refractivity contribution in [1.29, 1.82) is 0 Å². The van der Waals surface area contributed by atoms with Gasteiger partial charge in [-0.05, 0) is 42.4 Å². The number of aliphatic hydroxyl groups is 1. The first-order valence-corrected chi connectivity index (χ1v) is 7.56. The molecule has 20 heavy (non-hydrogen) atoms. The Hall–Kier alpha value is -1.02. The highest BCUT2D eigenvalue weighted by Gasteiger charge is 2.22. The van der Waals surface area contributed by atoms with Crippen LogP contribution in [0.15, 0.2) is 18.2 Å². The van der Waals surface area contributed by atoms with Gasteiger partial charge in [0.05, 0.1) is 6.10 Å². The summed E-state index contributed by atoms with van der Waals surface area (Å²) in [5.74, 6) is 2.33. The fraction of sp³-hybridized carbons (Fsp3) is 0.611. The first-order chi connectivity index (χ1) is 9.29. The van der Waals surface area contributed by atoms with Crippen LogP contribution in [0.5, 0.6) is 5.75 Å². The Morgan fingerprint density at radius 1 is 1.20 bits per heavy atom. The van der Waals surface area contributed by atoms with Gasteiger partial charge in [0, 0.05) is 5.92 Å². The molecule has 0 heterocycles. The molecule has 0 saturated heterocycles. The lowest BCUT2D eigenvalue weighted by molar-refractivity contribution is 0.0216. The minimum atomic E-state index is -0.463. The molecule has 1 unspecified atom stereocenters. The van der Waals surface area contributed by atoms with Crippen LogP contribution in [0.4, 0.5) is 0 Å². The van der Waals surface area contributed by atoms with Gasteiger partial charge < -0.3 is 9.84 Å². The van der Waals surface area contributed by atoms with Gasteiger partial charge in [0.2, 0.25) is 0 Å². The lowest BCUT2D eigenvalue weighted by Gasteiger charge is -2.26. The van der Waals surface area contributed by atoms with Crippen LogP contribution in [-0.4, -0.2) is 17.8 Å². The van der Waals surface area contributed by atoms with Gasteiger partial charge in [0.15, 0.2) is 0 Å². The summed E-state index contributed by atoms with van der Waals surface area (Å²) in [6.45, 7) is 12.8. The summed E-state index contributed by atoms with van der Waals surface area (Å²) in [6, 6.07) is 6.32. The van der Waals surface area contributed by atoms with Crippen LogP contribution in [0.1, 0.15) is 58.6 Å². The average Bonchev–Trinajstić information content (AvgIpc) is 2.37. The Kier molecular flexibility index (Phi) is 6.07. The van der Waals surface area contributed by atoms with E-state index >= 15 is 0 Å². The molecule has 1 atom stereocenters. The lowest BCUT2D eigenvalue weighted by Crippen LogP contribution is -2.32. The number of benzene rings is 1. The second kappa shape index (κ2) is 7.12. The van der Waals surface area contributed by atoms with E-state index in [-0.39, 0.29) is 5.41 Å². The Morgan fingerprint density at radius 2 is 1.80 bits per heavy atom. The maximum Gasteiger partial charge on any atom is 0.122 e. The first kappa shape index (κ1) is 17.0. The predicted molar refractivity (Wildman–Crippen MR) is 85.1 cm³/mol. The normalized spacial score (nSPS) is 13.6. The maximum atomic E-state index is 10.0. The largest absolute Gasteiger partial charge is 0.491 e. The van der Waals surface area contributed by atoms with E-state index in [1.807, 2.05) is 26.8 Å². The van der Waals surface area contributed by atoms with Gasteiger partial charge in [-0.25, -0.2) is 0 Å². The van der Waals surface area contributed by atoms with Crippen molar-refractivity contribution < 1.29 is 9.84 Å². The summed E-state index contributed by atoms with van der Waals surface area (Å²) in [5, 5.41) is 10.0. The molecule has 0 aliphatic rings. The zero-order chi connectivity index (χ0) is 15.3. The van der Waals surface area contributed by atoms with Crippen molar-refractivity contribution >= 4 is 0 Å². The van der Waals surface area contributed by atoms with Crippen LogP contribution in [0.3, 0.4) is 0 Å². The third-order valence-electron chi connectivity index (χ3n) is 3.83. The number of rotatable bonds is 6. The molecule has 1 aromatic carbocycles. The molecule has 113 valence electrons. The summed E-state index contributed by atoms with van der Waals surface area (Å²) in [7, 11) is 0. The molecule has 0 aliphatic carbocycles. The molecule has 2 heteroatoms. The third-order valence-corrected chi connectivity index (χ3v) is 3.83. The molecule has 1 aromatic rings. The molecule has 0 bridgehead atoms. The Morgan fingerprint density at radius 3 is 2.25 bits per heavy atom. The zero-order valence-electron chi connectivity index (χ0n) is 13.8. The van der Waals surface area contributed by atoms with Crippen molar-refractivity contribution in [2.75, 3.05) is 6.61 Å². The molecular weight excluding hydrogens is 248 g/mol. The summed E-state index contributed by atoms with van der Waals surface area (Å²) in [5.41, 5.74) is 2.28. The van der Waals surface area contributed by atoms with E-state index in [4.69, 9.17) is 4.74 Å². The zero-order valence-corrected chi connectivity index (χ0v) is 13.8. The minimum absolute atomic E-state index is 0.154. The highest BCUT2D eigenvalue weighted by Crippen LogP contribution is 2.28. The second-order valence-electron chi connectivity index (χ2n) is 6.48. The number of aliphatic hydroxyl groups excluding tert-OH is 1. The molecule has 0 fully saturated rings. The third kappa shape index (κ3) is 4.52. The second-order valence-corrected chi connectivity index (χ2v) is 6.48. The van der Waals surface area contributed by atoms with E-state index < -0.39 is 6.10 Å². The van der Waals surface area contributed by atoms with Crippen molar-refractivity contribution in [3.63, 3.8) is 0 Å². The molecule has 0 amide bonds. The van der Waals surface area contributed by atoms with Crippen molar-refractivity contribution in [2.45, 2.75) is 60.5 Å². The van der Waals surface area contributed by atoms with Gasteiger partial charge >= 0.3 is 0 Å². The van der Waals surface area contributed by atoms with Crippen molar-refractivity contribution in [3.05, 3.63) is 35.2 Å². The van der Waals surface area contributed by atoms with Crippen molar-refractivity contribution in [3.8, 4) is 5.75 Å². The topological polar surface area (TPSA) is 29.5 Å². The SMILES string of the molecule is CC[C](CC)c1ccc(OCC(O)C(C)(C)C)c(C)c1. The highest BCUT2D eigenvalue weighted by atomic mass is 16.5. The smallest absolute Gasteiger partial charge is 0.122 e. The summed E-state index contributed by atoms with van der Waals surface area (Å²) >= 11 is 0. The molecule has 0 aromatic heterocycles. The predicted octanol–water partition coefficient (Wildman–Crippen LogP) is 4.52. The van der Waals surface area contributed by atoms with Gasteiger partial charge in [-0.1, -0.05) is 46.8 Å². The highest BCUT2D eigenvalue weighted by molar-refractivity contribution is 5.41. The van der Waals surface area contributed by atoms with Crippen LogP contribution in [0.2, 0.25) is 0 Å². The van der Waals surface area contributed by atoms with Gasteiger partial charge in [0.1, 0.15) is 12.4 Å². The molecule has 0 spiro atoms. The molecule has 1 rings (SSSR count). The van der Waals surface area contributed by atoms with Crippen LogP contribution in [0.25, 0.3) is 0 Å². The average molecular weight is 277 g/mol. The summed E-state index contributed by atoms with van der Waals surface area (Å²) in [4.78, 5) is 0. The van der Waals surface area contributed by atoms with Crippen LogP contribution < -0.4 is 4.74 Å². The monoisotopic (exact) mass is 277 g/mol. The first-order valence-electron chi connectivity index (χ1n) is 7.56. The van der Waals surface area contributed by atoms with Crippen LogP contribution in [0, 0.1) is 18.3 Å². The maximum absolute atomic E-state index is 10.0. The van der Waals surface area contributed by atoms with Crippen LogP contribution in [-0.2, 0) is 0 Å². The molecular formula is C18H29O2. The molecule has 0 saturated carbocycles. The minimum Gasteiger partial charge on any atom is -0.491 e. The Labute approximate surface area is 124 Å². The van der Waals surface area contributed by atoms with E-state index in [1.165, 1.54) is 11.5 Å². The molecule has 1 radical (unpaired) electrons. The van der Waals surface area contributed by atoms with E-state index in [0.29, 0.717) is 6.61 Å². The lowest BCUT2D eigenvalue weighted by atomic mass is 9.90. The number of ether oxygens (including phenoxy) is 1. The van der Waals surface area contributed by atoms with Crippen molar-refractivity contribution in [1.82, 2.24) is 0 Å². The van der Waals surface area contributed by atoms with Crippen LogP contribution >= 0.6 is 0 Å². The summed E-state index contributed by atoms with van der Waals surface area (Å²) in [6.07, 6.45) is 1.70.